The summed E-state index contributed by atoms with van der Waals surface area (Å²) in [6.07, 6.45) is 0. The highest BCUT2D eigenvalue weighted by Crippen LogP contribution is 2.00. The lowest BCUT2D eigenvalue weighted by Gasteiger charge is -2.06. The van der Waals surface area contributed by atoms with E-state index < -0.39 is 13.1 Å². The fourth-order valence-corrected chi connectivity index (χ4v) is 1.07. The zero-order chi connectivity index (χ0) is 11.3. The van der Waals surface area contributed by atoms with Crippen molar-refractivity contribution >= 4 is 18.6 Å². The second-order valence-electron chi connectivity index (χ2n) is 2.74. The van der Waals surface area contributed by atoms with Crippen molar-refractivity contribution in [1.29, 1.82) is 0 Å². The van der Waals surface area contributed by atoms with E-state index in [9.17, 15) is 4.79 Å². The van der Waals surface area contributed by atoms with E-state index in [4.69, 9.17) is 10.0 Å². The predicted molar refractivity (Wildman–Crippen MR) is 53.3 cm³/mol. The molecule has 0 atom stereocenters. The molecular weight excluding hydrogens is 199 g/mol. The molecule has 0 heterocycles. The molecule has 0 aliphatic carbocycles. The molecular formula is C9H11BO5. The first-order chi connectivity index (χ1) is 7.16. The zero-order valence-corrected chi connectivity index (χ0v) is 8.21. The Morgan fingerprint density at radius 2 is 2.07 bits per heavy atom. The topological polar surface area (TPSA) is 76.0 Å². The largest absolute Gasteiger partial charge is 0.489 e. The molecule has 0 aliphatic heterocycles. The van der Waals surface area contributed by atoms with Crippen LogP contribution in [-0.4, -0.2) is 29.7 Å². The smallest absolute Gasteiger partial charge is 0.423 e. The first-order valence-electron chi connectivity index (χ1n) is 4.45. The minimum Gasteiger partial charge on any atom is -0.423 e. The lowest BCUT2D eigenvalue weighted by molar-refractivity contribution is -0.236. The summed E-state index contributed by atoms with van der Waals surface area (Å²) in [5.41, 5.74) is 0.156. The Balaban J connectivity index is 2.87. The minimum absolute atomic E-state index is 0.0703. The number of hydrogen-bond acceptors (Lipinski definition) is 5. The van der Waals surface area contributed by atoms with E-state index in [0.717, 1.165) is 0 Å². The van der Waals surface area contributed by atoms with Crippen LogP contribution in [0.1, 0.15) is 17.3 Å². The van der Waals surface area contributed by atoms with Gasteiger partial charge in [-0.3, -0.25) is 4.89 Å². The third-order valence-electron chi connectivity index (χ3n) is 1.71. The molecule has 0 saturated carbocycles. The van der Waals surface area contributed by atoms with Crippen molar-refractivity contribution in [2.45, 2.75) is 6.92 Å². The quantitative estimate of drug-likeness (QED) is 0.397. The summed E-state index contributed by atoms with van der Waals surface area (Å²) in [6.45, 7) is 1.90. The summed E-state index contributed by atoms with van der Waals surface area (Å²) in [7, 11) is -1.71. The van der Waals surface area contributed by atoms with Gasteiger partial charge in [-0.1, -0.05) is 18.2 Å². The van der Waals surface area contributed by atoms with Crippen LogP contribution in [0.4, 0.5) is 0 Å². The number of benzene rings is 1. The van der Waals surface area contributed by atoms with Crippen molar-refractivity contribution in [3.63, 3.8) is 0 Å². The van der Waals surface area contributed by atoms with Crippen LogP contribution >= 0.6 is 0 Å². The number of rotatable bonds is 4. The van der Waals surface area contributed by atoms with E-state index in [2.05, 4.69) is 9.78 Å². The molecule has 0 bridgehead atoms. The average molecular weight is 210 g/mol. The molecule has 0 aromatic heterocycles. The van der Waals surface area contributed by atoms with Crippen molar-refractivity contribution in [1.82, 2.24) is 0 Å². The second kappa shape index (κ2) is 5.50. The van der Waals surface area contributed by atoms with Crippen LogP contribution in [0.3, 0.4) is 0 Å². The fourth-order valence-electron chi connectivity index (χ4n) is 1.07. The van der Waals surface area contributed by atoms with Crippen LogP contribution in [0, 0.1) is 0 Å². The Bertz CT molecular complexity index is 339. The fraction of sp³-hybridized carbons (Fsp3) is 0.222. The predicted octanol–water partition coefficient (Wildman–Crippen LogP) is -0.525. The Morgan fingerprint density at radius 3 is 2.67 bits per heavy atom. The number of hydrogen-bond donors (Lipinski definition) is 2. The van der Waals surface area contributed by atoms with Gasteiger partial charge in [-0.25, -0.2) is 4.79 Å². The SMILES string of the molecule is CCOOC(=O)c1ccccc1B(O)O. The van der Waals surface area contributed by atoms with Crippen molar-refractivity contribution in [2.75, 3.05) is 6.61 Å². The Morgan fingerprint density at radius 1 is 1.40 bits per heavy atom. The van der Waals surface area contributed by atoms with Crippen LogP contribution in [0.2, 0.25) is 0 Å². The molecule has 0 spiro atoms. The summed E-state index contributed by atoms with van der Waals surface area (Å²) in [5, 5.41) is 18.0. The average Bonchev–Trinajstić information content (AvgIpc) is 2.25. The van der Waals surface area contributed by atoms with Crippen LogP contribution in [0.15, 0.2) is 24.3 Å². The van der Waals surface area contributed by atoms with Gasteiger partial charge in [0.15, 0.2) is 0 Å². The van der Waals surface area contributed by atoms with E-state index in [1.807, 2.05) is 0 Å². The van der Waals surface area contributed by atoms with Crippen LogP contribution < -0.4 is 5.46 Å². The number of carbonyl (C=O) groups excluding carboxylic acids is 1. The molecule has 6 heteroatoms. The van der Waals surface area contributed by atoms with Gasteiger partial charge in [-0.2, -0.15) is 4.89 Å². The minimum atomic E-state index is -1.71. The zero-order valence-electron chi connectivity index (χ0n) is 8.21. The third kappa shape index (κ3) is 3.05. The molecule has 0 fully saturated rings. The van der Waals surface area contributed by atoms with Crippen molar-refractivity contribution in [3.05, 3.63) is 29.8 Å². The molecule has 15 heavy (non-hydrogen) atoms. The molecule has 1 rings (SSSR count). The third-order valence-corrected chi connectivity index (χ3v) is 1.71. The van der Waals surface area contributed by atoms with Crippen LogP contribution in [0.5, 0.6) is 0 Å². The molecule has 2 N–H and O–H groups in total. The molecule has 80 valence electrons. The van der Waals surface area contributed by atoms with Gasteiger partial charge in [-0.15, -0.1) is 0 Å². The maximum atomic E-state index is 11.4. The van der Waals surface area contributed by atoms with E-state index in [1.165, 1.54) is 12.1 Å². The van der Waals surface area contributed by atoms with E-state index in [-0.39, 0.29) is 17.6 Å². The van der Waals surface area contributed by atoms with Gasteiger partial charge >= 0.3 is 13.1 Å². The molecule has 0 unspecified atom stereocenters. The summed E-state index contributed by atoms with van der Waals surface area (Å²) in [5.74, 6) is -0.749. The molecule has 5 nitrogen and oxygen atoms in total. The normalized spacial score (nSPS) is 9.80. The second-order valence-corrected chi connectivity index (χ2v) is 2.74. The van der Waals surface area contributed by atoms with Gasteiger partial charge in [0, 0.05) is 0 Å². The van der Waals surface area contributed by atoms with Gasteiger partial charge in [0.05, 0.1) is 12.2 Å². The monoisotopic (exact) mass is 210 g/mol. The summed E-state index contributed by atoms with van der Waals surface area (Å²) in [4.78, 5) is 20.2. The highest BCUT2D eigenvalue weighted by atomic mass is 17.2. The Kier molecular flexibility index (Phi) is 4.29. The first-order valence-corrected chi connectivity index (χ1v) is 4.45. The highest BCUT2D eigenvalue weighted by Gasteiger charge is 2.21. The van der Waals surface area contributed by atoms with Gasteiger partial charge in [0.1, 0.15) is 0 Å². The molecule has 1 aromatic carbocycles. The summed E-state index contributed by atoms with van der Waals surface area (Å²) in [6, 6.07) is 6.03. The maximum absolute atomic E-state index is 11.4. The van der Waals surface area contributed by atoms with Crippen molar-refractivity contribution in [2.24, 2.45) is 0 Å². The van der Waals surface area contributed by atoms with Crippen LogP contribution in [0.25, 0.3) is 0 Å². The van der Waals surface area contributed by atoms with E-state index >= 15 is 0 Å². The lowest BCUT2D eigenvalue weighted by atomic mass is 9.77. The Labute approximate surface area is 87.3 Å². The van der Waals surface area contributed by atoms with Gasteiger partial charge in [0.25, 0.3) is 0 Å². The van der Waals surface area contributed by atoms with Crippen molar-refractivity contribution < 1.29 is 24.6 Å². The molecule has 0 amide bonds. The van der Waals surface area contributed by atoms with Gasteiger partial charge in [0.2, 0.25) is 0 Å². The van der Waals surface area contributed by atoms with Gasteiger partial charge < -0.3 is 10.0 Å². The first kappa shape index (κ1) is 11.7. The Hall–Kier alpha value is -1.37. The summed E-state index contributed by atoms with van der Waals surface area (Å²) >= 11 is 0. The van der Waals surface area contributed by atoms with Crippen molar-refractivity contribution in [3.8, 4) is 0 Å². The van der Waals surface area contributed by atoms with E-state index in [0.29, 0.717) is 0 Å². The van der Waals surface area contributed by atoms with Crippen LogP contribution in [-0.2, 0) is 9.78 Å². The number of carbonyl (C=O) groups is 1. The molecule has 0 saturated heterocycles. The van der Waals surface area contributed by atoms with E-state index in [1.54, 1.807) is 19.1 Å². The summed E-state index contributed by atoms with van der Waals surface area (Å²) < 4.78 is 0. The van der Waals surface area contributed by atoms with Gasteiger partial charge in [-0.05, 0) is 18.5 Å². The molecule has 0 radical (unpaired) electrons. The molecule has 0 aliphatic rings. The maximum Gasteiger partial charge on any atom is 0.489 e. The molecule has 1 aromatic rings. The standard InChI is InChI=1S/C9H11BO5/c1-2-14-15-9(11)7-5-3-4-6-8(7)10(12)13/h3-6,12-13H,2H2,1H3. The highest BCUT2D eigenvalue weighted by molar-refractivity contribution is 6.60. The lowest BCUT2D eigenvalue weighted by Crippen LogP contribution is -2.35.